The summed E-state index contributed by atoms with van der Waals surface area (Å²) in [5.74, 6) is -0.215. The molecule has 0 atom stereocenters. The van der Waals surface area contributed by atoms with Gasteiger partial charge in [0.1, 0.15) is 11.6 Å². The summed E-state index contributed by atoms with van der Waals surface area (Å²) in [5.41, 5.74) is 0.557. The number of amides is 1. The average Bonchev–Trinajstić information content (AvgIpc) is 2.45. The monoisotopic (exact) mass is 274 g/mol. The molecule has 6 heteroatoms. The Morgan fingerprint density at radius 2 is 2.10 bits per heavy atom. The summed E-state index contributed by atoms with van der Waals surface area (Å²) in [6.45, 7) is 2.84. The summed E-state index contributed by atoms with van der Waals surface area (Å²) >= 11 is 0. The number of carbonyl (C=O) groups is 1. The molecule has 0 fully saturated rings. The standard InChI is InChI=1S/C14H15FN4O/c1-2-8-16-13-7-6-12(18-19-13)14(20)17-11-5-3-4-10(15)9-11/h3-7,9H,2,8H2,1H3,(H,16,19)(H,17,20). The number of carbonyl (C=O) groups excluding carboxylic acids is 1. The first-order valence-corrected chi connectivity index (χ1v) is 6.33. The van der Waals surface area contributed by atoms with Crippen LogP contribution in [0.3, 0.4) is 0 Å². The topological polar surface area (TPSA) is 66.9 Å². The van der Waals surface area contributed by atoms with Gasteiger partial charge >= 0.3 is 0 Å². The second kappa shape index (κ2) is 6.60. The van der Waals surface area contributed by atoms with Crippen molar-refractivity contribution in [1.29, 1.82) is 0 Å². The van der Waals surface area contributed by atoms with Gasteiger partial charge < -0.3 is 10.6 Å². The molecule has 1 aromatic heterocycles. The number of rotatable bonds is 5. The van der Waals surface area contributed by atoms with Gasteiger partial charge in [-0.2, -0.15) is 0 Å². The van der Waals surface area contributed by atoms with Crippen molar-refractivity contribution in [3.05, 3.63) is 47.9 Å². The molecule has 104 valence electrons. The predicted molar refractivity (Wildman–Crippen MR) is 75.2 cm³/mol. The molecule has 5 nitrogen and oxygen atoms in total. The van der Waals surface area contributed by atoms with Crippen molar-refractivity contribution < 1.29 is 9.18 Å². The Balaban J connectivity index is 2.02. The lowest BCUT2D eigenvalue weighted by Crippen LogP contribution is -2.15. The van der Waals surface area contributed by atoms with Crippen molar-refractivity contribution in [1.82, 2.24) is 10.2 Å². The predicted octanol–water partition coefficient (Wildman–Crippen LogP) is 2.69. The molecule has 0 bridgehead atoms. The summed E-state index contributed by atoms with van der Waals surface area (Å²) in [7, 11) is 0. The highest BCUT2D eigenvalue weighted by Gasteiger charge is 2.08. The smallest absolute Gasteiger partial charge is 0.276 e. The van der Waals surface area contributed by atoms with E-state index in [1.54, 1.807) is 18.2 Å². The Kier molecular flexibility index (Phi) is 4.60. The van der Waals surface area contributed by atoms with Crippen LogP contribution < -0.4 is 10.6 Å². The van der Waals surface area contributed by atoms with Crippen molar-refractivity contribution in [2.24, 2.45) is 0 Å². The van der Waals surface area contributed by atoms with Crippen LogP contribution in [0.15, 0.2) is 36.4 Å². The number of hydrogen-bond acceptors (Lipinski definition) is 4. The first-order valence-electron chi connectivity index (χ1n) is 6.33. The van der Waals surface area contributed by atoms with Crippen molar-refractivity contribution in [3.8, 4) is 0 Å². The Bertz CT molecular complexity index is 586. The van der Waals surface area contributed by atoms with E-state index in [-0.39, 0.29) is 5.69 Å². The summed E-state index contributed by atoms with van der Waals surface area (Å²) < 4.78 is 13.0. The van der Waals surface area contributed by atoms with E-state index in [4.69, 9.17) is 0 Å². The Hall–Kier alpha value is -2.50. The van der Waals surface area contributed by atoms with Crippen LogP contribution in [0, 0.1) is 5.82 Å². The minimum atomic E-state index is -0.426. The van der Waals surface area contributed by atoms with Crippen LogP contribution in [0.5, 0.6) is 0 Å². The zero-order chi connectivity index (χ0) is 14.4. The maximum Gasteiger partial charge on any atom is 0.276 e. The molecule has 0 spiro atoms. The van der Waals surface area contributed by atoms with Gasteiger partial charge in [-0.1, -0.05) is 13.0 Å². The van der Waals surface area contributed by atoms with Crippen molar-refractivity contribution in [2.45, 2.75) is 13.3 Å². The number of benzene rings is 1. The van der Waals surface area contributed by atoms with E-state index in [2.05, 4.69) is 20.8 Å². The van der Waals surface area contributed by atoms with Gasteiger partial charge in [-0.05, 0) is 36.8 Å². The second-order valence-electron chi connectivity index (χ2n) is 4.20. The van der Waals surface area contributed by atoms with Crippen molar-refractivity contribution in [2.75, 3.05) is 17.2 Å². The number of nitrogens with one attached hydrogen (secondary N) is 2. The first kappa shape index (κ1) is 13.9. The molecule has 0 aliphatic rings. The molecule has 0 saturated heterocycles. The number of hydrogen-bond donors (Lipinski definition) is 2. The van der Waals surface area contributed by atoms with Crippen LogP contribution in [0.1, 0.15) is 23.8 Å². The lowest BCUT2D eigenvalue weighted by molar-refractivity contribution is 0.102. The summed E-state index contributed by atoms with van der Waals surface area (Å²) in [4.78, 5) is 11.9. The number of nitrogens with zero attached hydrogens (tertiary/aromatic N) is 2. The minimum Gasteiger partial charge on any atom is -0.369 e. The second-order valence-corrected chi connectivity index (χ2v) is 4.20. The number of aromatic nitrogens is 2. The molecule has 0 saturated carbocycles. The van der Waals surface area contributed by atoms with Gasteiger partial charge in [0.05, 0.1) is 0 Å². The minimum absolute atomic E-state index is 0.177. The van der Waals surface area contributed by atoms with Gasteiger partial charge in [-0.3, -0.25) is 4.79 Å². The molecule has 2 N–H and O–H groups in total. The number of anilines is 2. The molecular formula is C14H15FN4O. The third-order valence-corrected chi connectivity index (χ3v) is 2.54. The molecule has 0 unspecified atom stereocenters. The Morgan fingerprint density at radius 1 is 1.25 bits per heavy atom. The normalized spacial score (nSPS) is 10.1. The van der Waals surface area contributed by atoms with Crippen LogP contribution in [0.2, 0.25) is 0 Å². The molecule has 2 aromatic rings. The van der Waals surface area contributed by atoms with E-state index in [0.29, 0.717) is 11.5 Å². The van der Waals surface area contributed by atoms with Crippen LogP contribution in [0.25, 0.3) is 0 Å². The highest BCUT2D eigenvalue weighted by Crippen LogP contribution is 2.10. The lowest BCUT2D eigenvalue weighted by atomic mass is 10.3. The molecule has 1 aromatic carbocycles. The van der Waals surface area contributed by atoms with E-state index in [1.165, 1.54) is 18.2 Å². The molecule has 0 radical (unpaired) electrons. The maximum absolute atomic E-state index is 13.0. The fourth-order valence-electron chi connectivity index (χ4n) is 1.56. The Labute approximate surface area is 116 Å². The van der Waals surface area contributed by atoms with Gasteiger partial charge in [0.25, 0.3) is 5.91 Å². The molecule has 0 aliphatic carbocycles. The quantitative estimate of drug-likeness (QED) is 0.879. The number of halogens is 1. The van der Waals surface area contributed by atoms with Crippen LogP contribution in [-0.4, -0.2) is 22.6 Å². The lowest BCUT2D eigenvalue weighted by Gasteiger charge is -2.05. The SMILES string of the molecule is CCCNc1ccc(C(=O)Nc2cccc(F)c2)nn1. The van der Waals surface area contributed by atoms with Crippen LogP contribution in [-0.2, 0) is 0 Å². The zero-order valence-corrected chi connectivity index (χ0v) is 11.1. The zero-order valence-electron chi connectivity index (χ0n) is 11.1. The highest BCUT2D eigenvalue weighted by atomic mass is 19.1. The summed E-state index contributed by atoms with van der Waals surface area (Å²) in [6.07, 6.45) is 0.976. The average molecular weight is 274 g/mol. The molecule has 1 heterocycles. The highest BCUT2D eigenvalue weighted by molar-refractivity contribution is 6.02. The Morgan fingerprint density at radius 3 is 2.75 bits per heavy atom. The largest absolute Gasteiger partial charge is 0.369 e. The molecule has 20 heavy (non-hydrogen) atoms. The fraction of sp³-hybridized carbons (Fsp3) is 0.214. The third-order valence-electron chi connectivity index (χ3n) is 2.54. The van der Waals surface area contributed by atoms with Gasteiger partial charge in [-0.25, -0.2) is 4.39 Å². The van der Waals surface area contributed by atoms with E-state index in [1.807, 2.05) is 6.92 Å². The van der Waals surface area contributed by atoms with Crippen molar-refractivity contribution in [3.63, 3.8) is 0 Å². The maximum atomic E-state index is 13.0. The van der Waals surface area contributed by atoms with Crippen molar-refractivity contribution >= 4 is 17.4 Å². The van der Waals surface area contributed by atoms with E-state index >= 15 is 0 Å². The van der Waals surface area contributed by atoms with Crippen LogP contribution >= 0.6 is 0 Å². The van der Waals surface area contributed by atoms with E-state index < -0.39 is 11.7 Å². The summed E-state index contributed by atoms with van der Waals surface area (Å²) in [6, 6.07) is 8.93. The van der Waals surface area contributed by atoms with Gasteiger partial charge in [-0.15, -0.1) is 10.2 Å². The summed E-state index contributed by atoms with van der Waals surface area (Å²) in [5, 5.41) is 13.4. The van der Waals surface area contributed by atoms with E-state index in [0.717, 1.165) is 13.0 Å². The van der Waals surface area contributed by atoms with Gasteiger partial charge in [0.15, 0.2) is 5.69 Å². The van der Waals surface area contributed by atoms with Gasteiger partial charge in [0.2, 0.25) is 0 Å². The molecule has 0 aliphatic heterocycles. The molecule has 1 amide bonds. The van der Waals surface area contributed by atoms with Gasteiger partial charge in [0, 0.05) is 12.2 Å². The van der Waals surface area contributed by atoms with Crippen LogP contribution in [0.4, 0.5) is 15.9 Å². The van der Waals surface area contributed by atoms with E-state index in [9.17, 15) is 9.18 Å². The third kappa shape index (κ3) is 3.74. The fourth-order valence-corrected chi connectivity index (χ4v) is 1.56. The molecular weight excluding hydrogens is 259 g/mol. The first-order chi connectivity index (χ1) is 9.69. The molecule has 2 rings (SSSR count).